The van der Waals surface area contributed by atoms with Gasteiger partial charge in [-0.15, -0.1) is 0 Å². The Morgan fingerprint density at radius 2 is 0.830 bits per heavy atom. The molecule has 53 heavy (non-hydrogen) atoms. The minimum Gasteiger partial charge on any atom is -0.0619 e. The third kappa shape index (κ3) is 4.36. The summed E-state index contributed by atoms with van der Waals surface area (Å²) in [5.41, 5.74) is 13.0. The van der Waals surface area contributed by atoms with Crippen LogP contribution >= 0.6 is 0 Å². The molecule has 0 saturated carbocycles. The molecule has 0 bridgehead atoms. The average molecular weight is 673 g/mol. The maximum Gasteiger partial charge on any atom is 0.0159 e. The summed E-state index contributed by atoms with van der Waals surface area (Å²) in [6.07, 6.45) is 0. The SMILES string of the molecule is CC1(C)c2ccccc2-c2c(-c3c4ccccc4c(-c4cc5ccccc5c5ccccc45)c4ccc(-c5ccc6ccccc6c5)cc34)cccc21. The van der Waals surface area contributed by atoms with Crippen LogP contribution in [-0.4, -0.2) is 0 Å². The fraction of sp³-hybridized carbons (Fsp3) is 0.0566. The topological polar surface area (TPSA) is 0 Å². The molecule has 0 aromatic heterocycles. The zero-order chi connectivity index (χ0) is 35.3. The fourth-order valence-electron chi connectivity index (χ4n) is 9.53. The lowest BCUT2D eigenvalue weighted by molar-refractivity contribution is 0.660. The van der Waals surface area contributed by atoms with Crippen LogP contribution in [0.1, 0.15) is 25.0 Å². The molecule has 0 atom stereocenters. The van der Waals surface area contributed by atoms with Gasteiger partial charge in [-0.05, 0) is 128 Å². The van der Waals surface area contributed by atoms with Gasteiger partial charge in [0.2, 0.25) is 0 Å². The molecule has 248 valence electrons. The summed E-state index contributed by atoms with van der Waals surface area (Å²) in [5, 5.41) is 12.7. The minimum absolute atomic E-state index is 0.0895. The van der Waals surface area contributed by atoms with Crippen molar-refractivity contribution in [3.05, 3.63) is 193 Å². The predicted molar refractivity (Wildman–Crippen MR) is 228 cm³/mol. The molecular formula is C53H36. The molecule has 0 saturated heterocycles. The van der Waals surface area contributed by atoms with Crippen molar-refractivity contribution in [2.45, 2.75) is 19.3 Å². The summed E-state index contributed by atoms with van der Waals surface area (Å²) >= 11 is 0. The Labute approximate surface area is 309 Å². The Balaban J connectivity index is 1.31. The molecule has 0 N–H and O–H groups in total. The van der Waals surface area contributed by atoms with Crippen LogP contribution in [0.4, 0.5) is 0 Å². The zero-order valence-electron chi connectivity index (χ0n) is 29.8. The molecule has 0 unspecified atom stereocenters. The lowest BCUT2D eigenvalue weighted by Gasteiger charge is -2.23. The van der Waals surface area contributed by atoms with Crippen LogP contribution in [0.2, 0.25) is 0 Å². The van der Waals surface area contributed by atoms with Gasteiger partial charge in [0.1, 0.15) is 0 Å². The van der Waals surface area contributed by atoms with Crippen LogP contribution in [-0.2, 0) is 5.41 Å². The molecule has 0 spiro atoms. The van der Waals surface area contributed by atoms with E-state index in [-0.39, 0.29) is 5.41 Å². The van der Waals surface area contributed by atoms with Crippen molar-refractivity contribution in [1.29, 1.82) is 0 Å². The van der Waals surface area contributed by atoms with E-state index < -0.39 is 0 Å². The summed E-state index contributed by atoms with van der Waals surface area (Å²) in [7, 11) is 0. The van der Waals surface area contributed by atoms with E-state index in [9.17, 15) is 0 Å². The largest absolute Gasteiger partial charge is 0.0619 e. The lowest BCUT2D eigenvalue weighted by Crippen LogP contribution is -2.14. The van der Waals surface area contributed by atoms with E-state index in [1.54, 1.807) is 0 Å². The molecule has 0 heterocycles. The van der Waals surface area contributed by atoms with Gasteiger partial charge in [0.15, 0.2) is 0 Å². The van der Waals surface area contributed by atoms with Crippen LogP contribution in [0, 0.1) is 0 Å². The highest BCUT2D eigenvalue weighted by Crippen LogP contribution is 2.55. The summed E-state index contributed by atoms with van der Waals surface area (Å²) < 4.78 is 0. The molecule has 0 nitrogen and oxygen atoms in total. The highest BCUT2D eigenvalue weighted by atomic mass is 14.4. The van der Waals surface area contributed by atoms with E-state index in [4.69, 9.17) is 0 Å². The molecule has 1 aliphatic rings. The Hall–Kier alpha value is -6.50. The van der Waals surface area contributed by atoms with Crippen molar-refractivity contribution < 1.29 is 0 Å². The van der Waals surface area contributed by atoms with Crippen molar-refractivity contribution in [2.24, 2.45) is 0 Å². The second kappa shape index (κ2) is 11.2. The molecule has 11 rings (SSSR count). The third-order valence-corrected chi connectivity index (χ3v) is 12.0. The molecule has 0 fully saturated rings. The van der Waals surface area contributed by atoms with Crippen LogP contribution in [0.15, 0.2) is 182 Å². The first kappa shape index (κ1) is 30.2. The van der Waals surface area contributed by atoms with Gasteiger partial charge < -0.3 is 0 Å². The molecule has 1 aliphatic carbocycles. The first-order chi connectivity index (χ1) is 26.1. The molecule has 0 radical (unpaired) electrons. The molecule has 0 amide bonds. The Kier molecular flexibility index (Phi) is 6.40. The molecule has 0 heteroatoms. The highest BCUT2D eigenvalue weighted by Gasteiger charge is 2.37. The maximum absolute atomic E-state index is 2.47. The van der Waals surface area contributed by atoms with Gasteiger partial charge in [0, 0.05) is 5.41 Å². The van der Waals surface area contributed by atoms with Crippen molar-refractivity contribution >= 4 is 53.9 Å². The number of hydrogen-bond acceptors (Lipinski definition) is 0. The lowest BCUT2D eigenvalue weighted by atomic mass is 9.80. The number of hydrogen-bond donors (Lipinski definition) is 0. The van der Waals surface area contributed by atoms with Gasteiger partial charge >= 0.3 is 0 Å². The van der Waals surface area contributed by atoms with E-state index in [2.05, 4.69) is 196 Å². The average Bonchev–Trinajstić information content (AvgIpc) is 3.45. The highest BCUT2D eigenvalue weighted by molar-refractivity contribution is 6.27. The van der Waals surface area contributed by atoms with Crippen molar-refractivity contribution in [2.75, 3.05) is 0 Å². The second-order valence-electron chi connectivity index (χ2n) is 15.2. The van der Waals surface area contributed by atoms with Crippen LogP contribution < -0.4 is 0 Å². The quantitative estimate of drug-likeness (QED) is 0.129. The summed E-state index contributed by atoms with van der Waals surface area (Å²) in [4.78, 5) is 0. The molecular weight excluding hydrogens is 637 g/mol. The van der Waals surface area contributed by atoms with Gasteiger partial charge in [-0.1, -0.05) is 178 Å². The predicted octanol–water partition coefficient (Wildman–Crippen LogP) is 14.8. The summed E-state index contributed by atoms with van der Waals surface area (Å²) in [5.74, 6) is 0. The van der Waals surface area contributed by atoms with E-state index in [1.165, 1.54) is 109 Å². The van der Waals surface area contributed by atoms with Crippen LogP contribution in [0.3, 0.4) is 0 Å². The Bertz CT molecular complexity index is 3140. The van der Waals surface area contributed by atoms with Gasteiger partial charge in [-0.2, -0.15) is 0 Å². The summed E-state index contributed by atoms with van der Waals surface area (Å²) in [6, 6.07) is 68.1. The van der Waals surface area contributed by atoms with Crippen molar-refractivity contribution in [3.63, 3.8) is 0 Å². The van der Waals surface area contributed by atoms with Gasteiger partial charge in [0.05, 0.1) is 0 Å². The first-order valence-corrected chi connectivity index (χ1v) is 18.7. The van der Waals surface area contributed by atoms with Gasteiger partial charge in [-0.3, -0.25) is 0 Å². The van der Waals surface area contributed by atoms with E-state index in [1.807, 2.05) is 0 Å². The first-order valence-electron chi connectivity index (χ1n) is 18.7. The number of benzene rings is 10. The van der Waals surface area contributed by atoms with E-state index >= 15 is 0 Å². The zero-order valence-corrected chi connectivity index (χ0v) is 29.8. The maximum atomic E-state index is 2.47. The normalized spacial score (nSPS) is 13.2. The fourth-order valence-corrected chi connectivity index (χ4v) is 9.53. The molecule has 0 aliphatic heterocycles. The van der Waals surface area contributed by atoms with Gasteiger partial charge in [0.25, 0.3) is 0 Å². The minimum atomic E-state index is -0.0895. The van der Waals surface area contributed by atoms with Crippen LogP contribution in [0.25, 0.3) is 98.4 Å². The number of fused-ring (bicyclic) bond motifs is 9. The monoisotopic (exact) mass is 672 g/mol. The Morgan fingerprint density at radius 1 is 0.283 bits per heavy atom. The second-order valence-corrected chi connectivity index (χ2v) is 15.2. The van der Waals surface area contributed by atoms with Crippen LogP contribution in [0.5, 0.6) is 0 Å². The number of rotatable bonds is 3. The smallest absolute Gasteiger partial charge is 0.0159 e. The molecule has 10 aromatic carbocycles. The van der Waals surface area contributed by atoms with Gasteiger partial charge in [-0.25, -0.2) is 0 Å². The van der Waals surface area contributed by atoms with E-state index in [0.717, 1.165) is 0 Å². The van der Waals surface area contributed by atoms with E-state index in [0.29, 0.717) is 0 Å². The van der Waals surface area contributed by atoms with Crippen molar-refractivity contribution in [1.82, 2.24) is 0 Å². The molecule has 10 aromatic rings. The Morgan fingerprint density at radius 3 is 1.64 bits per heavy atom. The van der Waals surface area contributed by atoms with Crippen molar-refractivity contribution in [3.8, 4) is 44.5 Å². The third-order valence-electron chi connectivity index (χ3n) is 12.0. The summed E-state index contributed by atoms with van der Waals surface area (Å²) in [6.45, 7) is 4.76. The standard InChI is InChI=1S/C53H36/c1-53(2)48-24-12-11-22-44(48)52-45(23-13-25-49(52)53)51-42-21-10-9-20-41(42)50(46-32-37-16-5-6-17-38(37)39-18-7-8-19-40(39)46)43-29-28-36(31-47(43)51)35-27-26-33-14-3-4-15-34(33)30-35/h3-32H,1-2H3.